The second-order valence-electron chi connectivity index (χ2n) is 3.43. The van der Waals surface area contributed by atoms with Crippen molar-refractivity contribution in [2.24, 2.45) is 0 Å². The van der Waals surface area contributed by atoms with Crippen LogP contribution in [-0.4, -0.2) is 10.1 Å². The predicted molar refractivity (Wildman–Crippen MR) is 51.6 cm³/mol. The van der Waals surface area contributed by atoms with Crippen LogP contribution in [0.5, 0.6) is 0 Å². The first-order chi connectivity index (χ1) is 6.27. The summed E-state index contributed by atoms with van der Waals surface area (Å²) in [4.78, 5) is 4.26. The highest BCUT2D eigenvalue weighted by Gasteiger charge is 2.15. The molecule has 0 aliphatic carbocycles. The van der Waals surface area contributed by atoms with Gasteiger partial charge in [-0.2, -0.15) is 4.98 Å². The zero-order chi connectivity index (χ0) is 9.68. The summed E-state index contributed by atoms with van der Waals surface area (Å²) in [6.07, 6.45) is 4.71. The van der Waals surface area contributed by atoms with E-state index in [4.69, 9.17) is 4.52 Å². The van der Waals surface area contributed by atoms with Gasteiger partial charge >= 0.3 is 0 Å². The fourth-order valence-electron chi connectivity index (χ4n) is 1.43. The Kier molecular flexibility index (Phi) is 3.93. The first-order valence-electron chi connectivity index (χ1n) is 5.08. The second-order valence-corrected chi connectivity index (χ2v) is 3.43. The third kappa shape index (κ3) is 2.83. The van der Waals surface area contributed by atoms with Crippen LogP contribution in [0, 0.1) is 6.92 Å². The van der Waals surface area contributed by atoms with Crippen molar-refractivity contribution in [3.63, 3.8) is 0 Å². The van der Waals surface area contributed by atoms with E-state index in [9.17, 15) is 0 Å². The summed E-state index contributed by atoms with van der Waals surface area (Å²) in [6.45, 7) is 6.23. The molecule has 0 aliphatic heterocycles. The molecule has 1 heterocycles. The lowest BCUT2D eigenvalue weighted by Gasteiger charge is -2.07. The highest BCUT2D eigenvalue weighted by atomic mass is 16.5. The fraction of sp³-hybridized carbons (Fsp3) is 0.800. The van der Waals surface area contributed by atoms with Gasteiger partial charge in [0.1, 0.15) is 0 Å². The first-order valence-corrected chi connectivity index (χ1v) is 5.08. The molecule has 1 aromatic rings. The van der Waals surface area contributed by atoms with E-state index < -0.39 is 0 Å². The topological polar surface area (TPSA) is 38.9 Å². The number of aryl methyl sites for hydroxylation is 1. The van der Waals surface area contributed by atoms with E-state index in [0.717, 1.165) is 24.6 Å². The molecule has 1 unspecified atom stereocenters. The van der Waals surface area contributed by atoms with Crippen molar-refractivity contribution in [3.8, 4) is 0 Å². The molecule has 0 fully saturated rings. The maximum Gasteiger partial charge on any atom is 0.229 e. The fourth-order valence-corrected chi connectivity index (χ4v) is 1.43. The van der Waals surface area contributed by atoms with E-state index in [1.165, 1.54) is 12.8 Å². The molecule has 0 amide bonds. The van der Waals surface area contributed by atoms with E-state index in [2.05, 4.69) is 24.0 Å². The second kappa shape index (κ2) is 5.00. The SMILES string of the molecule is CCCCC(CC)c1nc(C)no1. The van der Waals surface area contributed by atoms with Gasteiger partial charge in [0.25, 0.3) is 0 Å². The van der Waals surface area contributed by atoms with Crippen LogP contribution in [0.3, 0.4) is 0 Å². The molecule has 0 N–H and O–H groups in total. The molecule has 0 saturated heterocycles. The Balaban J connectivity index is 2.56. The summed E-state index contributed by atoms with van der Waals surface area (Å²) in [5.74, 6) is 2.01. The monoisotopic (exact) mass is 182 g/mol. The largest absolute Gasteiger partial charge is 0.339 e. The summed E-state index contributed by atoms with van der Waals surface area (Å²) < 4.78 is 5.15. The lowest BCUT2D eigenvalue weighted by atomic mass is 9.99. The van der Waals surface area contributed by atoms with Gasteiger partial charge < -0.3 is 4.52 Å². The van der Waals surface area contributed by atoms with Crippen LogP contribution in [-0.2, 0) is 0 Å². The van der Waals surface area contributed by atoms with E-state index >= 15 is 0 Å². The van der Waals surface area contributed by atoms with Crippen molar-refractivity contribution in [1.29, 1.82) is 0 Å². The van der Waals surface area contributed by atoms with Crippen molar-refractivity contribution in [3.05, 3.63) is 11.7 Å². The highest BCUT2D eigenvalue weighted by Crippen LogP contribution is 2.23. The zero-order valence-corrected chi connectivity index (χ0v) is 8.71. The Hall–Kier alpha value is -0.860. The van der Waals surface area contributed by atoms with Gasteiger partial charge in [-0.25, -0.2) is 0 Å². The van der Waals surface area contributed by atoms with Crippen molar-refractivity contribution >= 4 is 0 Å². The molecule has 0 saturated carbocycles. The molecule has 0 radical (unpaired) electrons. The summed E-state index contributed by atoms with van der Waals surface area (Å²) >= 11 is 0. The molecule has 0 aromatic carbocycles. The van der Waals surface area contributed by atoms with Gasteiger partial charge in [0.15, 0.2) is 5.82 Å². The third-order valence-electron chi connectivity index (χ3n) is 2.29. The zero-order valence-electron chi connectivity index (χ0n) is 8.71. The molecular formula is C10H18N2O. The van der Waals surface area contributed by atoms with Crippen LogP contribution in [0.2, 0.25) is 0 Å². The number of unbranched alkanes of at least 4 members (excludes halogenated alkanes) is 1. The molecule has 0 spiro atoms. The smallest absolute Gasteiger partial charge is 0.229 e. The lowest BCUT2D eigenvalue weighted by Crippen LogP contribution is -1.97. The molecule has 3 heteroatoms. The third-order valence-corrected chi connectivity index (χ3v) is 2.29. The number of aromatic nitrogens is 2. The average molecular weight is 182 g/mol. The molecule has 0 aliphatic rings. The van der Waals surface area contributed by atoms with Gasteiger partial charge in [0, 0.05) is 5.92 Å². The number of nitrogens with zero attached hydrogens (tertiary/aromatic N) is 2. The molecule has 13 heavy (non-hydrogen) atoms. The van der Waals surface area contributed by atoms with Gasteiger partial charge in [-0.3, -0.25) is 0 Å². The van der Waals surface area contributed by atoms with Gasteiger partial charge in [-0.1, -0.05) is 31.8 Å². The number of hydrogen-bond acceptors (Lipinski definition) is 3. The Morgan fingerprint density at radius 2 is 2.15 bits per heavy atom. The molecule has 0 bridgehead atoms. The first kappa shape index (κ1) is 10.2. The molecule has 74 valence electrons. The normalized spacial score (nSPS) is 13.2. The summed E-state index contributed by atoms with van der Waals surface area (Å²) in [6, 6.07) is 0. The molecular weight excluding hydrogens is 164 g/mol. The quantitative estimate of drug-likeness (QED) is 0.702. The number of rotatable bonds is 5. The van der Waals surface area contributed by atoms with Crippen LogP contribution in [0.1, 0.15) is 57.2 Å². The minimum absolute atomic E-state index is 0.459. The summed E-state index contributed by atoms with van der Waals surface area (Å²) in [5, 5.41) is 3.81. The van der Waals surface area contributed by atoms with Crippen molar-refractivity contribution < 1.29 is 4.52 Å². The standard InChI is InChI=1S/C10H18N2O/c1-4-6-7-9(5-2)10-11-8(3)12-13-10/h9H,4-7H2,1-3H3. The van der Waals surface area contributed by atoms with E-state index in [1.807, 2.05) is 6.92 Å². The summed E-state index contributed by atoms with van der Waals surface area (Å²) in [5.41, 5.74) is 0. The average Bonchev–Trinajstić information content (AvgIpc) is 2.54. The van der Waals surface area contributed by atoms with Crippen molar-refractivity contribution in [1.82, 2.24) is 10.1 Å². The van der Waals surface area contributed by atoms with E-state index in [0.29, 0.717) is 5.92 Å². The lowest BCUT2D eigenvalue weighted by molar-refractivity contribution is 0.337. The number of hydrogen-bond donors (Lipinski definition) is 0. The maximum absolute atomic E-state index is 5.15. The van der Waals surface area contributed by atoms with E-state index in [-0.39, 0.29) is 0 Å². The molecule has 3 nitrogen and oxygen atoms in total. The van der Waals surface area contributed by atoms with Crippen LogP contribution >= 0.6 is 0 Å². The minimum Gasteiger partial charge on any atom is -0.339 e. The Bertz CT molecular complexity index is 245. The molecule has 1 rings (SSSR count). The van der Waals surface area contributed by atoms with Gasteiger partial charge in [0.2, 0.25) is 5.89 Å². The van der Waals surface area contributed by atoms with Crippen LogP contribution < -0.4 is 0 Å². The highest BCUT2D eigenvalue weighted by molar-refractivity contribution is 4.91. The van der Waals surface area contributed by atoms with Crippen LogP contribution in [0.4, 0.5) is 0 Å². The van der Waals surface area contributed by atoms with Crippen molar-refractivity contribution in [2.75, 3.05) is 0 Å². The molecule has 1 aromatic heterocycles. The van der Waals surface area contributed by atoms with Gasteiger partial charge in [0.05, 0.1) is 0 Å². The Morgan fingerprint density at radius 3 is 2.62 bits per heavy atom. The maximum atomic E-state index is 5.15. The Labute approximate surface area is 79.5 Å². The molecule has 1 atom stereocenters. The van der Waals surface area contributed by atoms with Gasteiger partial charge in [-0.05, 0) is 19.8 Å². The van der Waals surface area contributed by atoms with Crippen LogP contribution in [0.15, 0.2) is 4.52 Å². The van der Waals surface area contributed by atoms with Gasteiger partial charge in [-0.15, -0.1) is 0 Å². The summed E-state index contributed by atoms with van der Waals surface area (Å²) in [7, 11) is 0. The Morgan fingerprint density at radius 1 is 1.38 bits per heavy atom. The minimum atomic E-state index is 0.459. The predicted octanol–water partition coefficient (Wildman–Crippen LogP) is 3.06. The van der Waals surface area contributed by atoms with Crippen LogP contribution in [0.25, 0.3) is 0 Å². The van der Waals surface area contributed by atoms with E-state index in [1.54, 1.807) is 0 Å². The van der Waals surface area contributed by atoms with Crippen molar-refractivity contribution in [2.45, 2.75) is 52.4 Å².